The van der Waals surface area contributed by atoms with Gasteiger partial charge >= 0.3 is 5.63 Å². The first-order valence-electron chi connectivity index (χ1n) is 8.26. The summed E-state index contributed by atoms with van der Waals surface area (Å²) in [5, 5.41) is 11.3. The van der Waals surface area contributed by atoms with Crippen molar-refractivity contribution in [1.29, 1.82) is 0 Å². The summed E-state index contributed by atoms with van der Waals surface area (Å²) in [5.74, 6) is 0.235. The van der Waals surface area contributed by atoms with E-state index in [1.807, 2.05) is 6.07 Å². The van der Waals surface area contributed by atoms with Crippen LogP contribution in [0.25, 0.3) is 11.0 Å². The second-order valence-corrected chi connectivity index (χ2v) is 6.48. The third kappa shape index (κ3) is 2.22. The molecular weight excluding hydrogens is 278 g/mol. The molecule has 2 aliphatic rings. The van der Waals surface area contributed by atoms with Crippen LogP contribution in [-0.4, -0.2) is 23.1 Å². The summed E-state index contributed by atoms with van der Waals surface area (Å²) in [6.45, 7) is 2.75. The van der Waals surface area contributed by atoms with E-state index in [2.05, 4.69) is 4.90 Å². The maximum absolute atomic E-state index is 12.3. The monoisotopic (exact) mass is 299 g/mol. The standard InChI is InChI=1S/C18H21NO3/c20-16-8-7-13-12-5-1-2-6-14(12)18(21)22-17(13)15(16)11-19-9-3-4-10-19/h7-8,20H,1-6,9-11H2. The van der Waals surface area contributed by atoms with Gasteiger partial charge < -0.3 is 9.52 Å². The first-order chi connectivity index (χ1) is 10.7. The molecule has 22 heavy (non-hydrogen) atoms. The number of fused-ring (bicyclic) bond motifs is 3. The Balaban J connectivity index is 1.90. The molecule has 2 aromatic rings. The van der Waals surface area contributed by atoms with E-state index in [-0.39, 0.29) is 11.4 Å². The average molecular weight is 299 g/mol. The van der Waals surface area contributed by atoms with Gasteiger partial charge in [-0.25, -0.2) is 4.79 Å². The summed E-state index contributed by atoms with van der Waals surface area (Å²) in [4.78, 5) is 14.6. The summed E-state index contributed by atoms with van der Waals surface area (Å²) in [5.41, 5.74) is 3.13. The predicted molar refractivity (Wildman–Crippen MR) is 85.3 cm³/mol. The number of rotatable bonds is 2. The van der Waals surface area contributed by atoms with Gasteiger partial charge in [0.15, 0.2) is 0 Å². The first-order valence-corrected chi connectivity index (χ1v) is 8.26. The van der Waals surface area contributed by atoms with Gasteiger partial charge in [0, 0.05) is 17.5 Å². The highest BCUT2D eigenvalue weighted by atomic mass is 16.4. The fourth-order valence-corrected chi connectivity index (χ4v) is 3.87. The molecule has 0 unspecified atom stereocenters. The van der Waals surface area contributed by atoms with E-state index >= 15 is 0 Å². The van der Waals surface area contributed by atoms with Crippen molar-refractivity contribution >= 4 is 11.0 Å². The SMILES string of the molecule is O=c1oc2c(CN3CCCC3)c(O)ccc2c2c1CCCC2. The summed E-state index contributed by atoms with van der Waals surface area (Å²) in [7, 11) is 0. The number of aromatic hydroxyl groups is 1. The minimum absolute atomic E-state index is 0.213. The molecule has 4 rings (SSSR count). The molecule has 1 aromatic heterocycles. The van der Waals surface area contributed by atoms with Gasteiger partial charge in [0.2, 0.25) is 0 Å². The third-order valence-corrected chi connectivity index (χ3v) is 5.05. The third-order valence-electron chi connectivity index (χ3n) is 5.05. The van der Waals surface area contributed by atoms with Crippen LogP contribution in [0.15, 0.2) is 21.3 Å². The van der Waals surface area contributed by atoms with E-state index in [1.165, 1.54) is 12.8 Å². The highest BCUT2D eigenvalue weighted by Crippen LogP contribution is 2.33. The molecule has 0 spiro atoms. The fourth-order valence-electron chi connectivity index (χ4n) is 3.87. The lowest BCUT2D eigenvalue weighted by molar-refractivity contribution is 0.323. The molecule has 1 aromatic carbocycles. The van der Waals surface area contributed by atoms with E-state index in [1.54, 1.807) is 6.07 Å². The van der Waals surface area contributed by atoms with Crippen LogP contribution >= 0.6 is 0 Å². The summed E-state index contributed by atoms with van der Waals surface area (Å²) in [6.07, 6.45) is 6.33. The lowest BCUT2D eigenvalue weighted by atomic mass is 9.90. The van der Waals surface area contributed by atoms with E-state index < -0.39 is 0 Å². The van der Waals surface area contributed by atoms with Gasteiger partial charge in [-0.3, -0.25) is 4.90 Å². The largest absolute Gasteiger partial charge is 0.507 e. The molecule has 0 amide bonds. The Bertz CT molecular complexity index is 772. The minimum Gasteiger partial charge on any atom is -0.507 e. The number of benzene rings is 1. The quantitative estimate of drug-likeness (QED) is 0.866. The number of nitrogens with zero attached hydrogens (tertiary/aromatic N) is 1. The average Bonchev–Trinajstić information content (AvgIpc) is 3.04. The predicted octanol–water partition coefficient (Wildman–Crippen LogP) is 2.97. The molecule has 1 aliphatic carbocycles. The minimum atomic E-state index is -0.213. The topological polar surface area (TPSA) is 53.7 Å². The van der Waals surface area contributed by atoms with Crippen molar-refractivity contribution in [1.82, 2.24) is 4.90 Å². The zero-order valence-electron chi connectivity index (χ0n) is 12.7. The Kier molecular flexibility index (Phi) is 3.41. The van der Waals surface area contributed by atoms with Crippen LogP contribution in [0.5, 0.6) is 5.75 Å². The highest BCUT2D eigenvalue weighted by Gasteiger charge is 2.22. The van der Waals surface area contributed by atoms with Gasteiger partial charge in [-0.1, -0.05) is 0 Å². The van der Waals surface area contributed by atoms with Crippen LogP contribution in [0.4, 0.5) is 0 Å². The van der Waals surface area contributed by atoms with Gasteiger partial charge in [-0.15, -0.1) is 0 Å². The van der Waals surface area contributed by atoms with E-state index in [0.717, 1.165) is 60.8 Å². The fraction of sp³-hybridized carbons (Fsp3) is 0.500. The Morgan fingerprint density at radius 2 is 1.77 bits per heavy atom. The first kappa shape index (κ1) is 13.8. The van der Waals surface area contributed by atoms with E-state index in [0.29, 0.717) is 12.1 Å². The van der Waals surface area contributed by atoms with E-state index in [9.17, 15) is 9.90 Å². The molecule has 1 fully saturated rings. The smallest absolute Gasteiger partial charge is 0.339 e. The molecule has 116 valence electrons. The molecule has 1 aliphatic heterocycles. The number of phenols is 1. The van der Waals surface area contributed by atoms with Crippen molar-refractivity contribution in [3.05, 3.63) is 39.2 Å². The number of likely N-dealkylation sites (tertiary alicyclic amines) is 1. The molecule has 0 atom stereocenters. The number of aryl methyl sites for hydroxylation is 1. The summed E-state index contributed by atoms with van der Waals surface area (Å²) >= 11 is 0. The van der Waals surface area contributed by atoms with Crippen LogP contribution in [0.2, 0.25) is 0 Å². The van der Waals surface area contributed by atoms with Crippen LogP contribution in [0.1, 0.15) is 42.4 Å². The van der Waals surface area contributed by atoms with Gasteiger partial charge in [0.1, 0.15) is 11.3 Å². The van der Waals surface area contributed by atoms with Gasteiger partial charge in [0.25, 0.3) is 0 Å². The Morgan fingerprint density at radius 1 is 1.05 bits per heavy atom. The Hall–Kier alpha value is -1.81. The normalized spacial score (nSPS) is 18.7. The molecule has 0 saturated carbocycles. The van der Waals surface area contributed by atoms with Crippen molar-refractivity contribution in [2.45, 2.75) is 45.1 Å². The molecule has 4 nitrogen and oxygen atoms in total. The zero-order chi connectivity index (χ0) is 15.1. The Labute approximate surface area is 129 Å². The molecule has 0 bridgehead atoms. The van der Waals surface area contributed by atoms with Crippen molar-refractivity contribution in [3.8, 4) is 5.75 Å². The molecule has 1 N–H and O–H groups in total. The molecule has 0 radical (unpaired) electrons. The molecule has 1 saturated heterocycles. The highest BCUT2D eigenvalue weighted by molar-refractivity contribution is 5.86. The maximum atomic E-state index is 12.3. The molecule has 4 heteroatoms. The lowest BCUT2D eigenvalue weighted by Gasteiger charge is -2.20. The van der Waals surface area contributed by atoms with Crippen LogP contribution in [0, 0.1) is 0 Å². The number of hydrogen-bond acceptors (Lipinski definition) is 4. The summed E-state index contributed by atoms with van der Waals surface area (Å²) in [6, 6.07) is 3.66. The van der Waals surface area contributed by atoms with Crippen molar-refractivity contribution in [2.75, 3.05) is 13.1 Å². The second-order valence-electron chi connectivity index (χ2n) is 6.48. The van der Waals surface area contributed by atoms with E-state index in [4.69, 9.17) is 4.42 Å². The van der Waals surface area contributed by atoms with Crippen LogP contribution in [-0.2, 0) is 19.4 Å². The van der Waals surface area contributed by atoms with Gasteiger partial charge in [-0.05, 0) is 69.3 Å². The van der Waals surface area contributed by atoms with Crippen molar-refractivity contribution in [3.63, 3.8) is 0 Å². The Morgan fingerprint density at radius 3 is 2.55 bits per heavy atom. The van der Waals surface area contributed by atoms with Crippen LogP contribution in [0.3, 0.4) is 0 Å². The van der Waals surface area contributed by atoms with Crippen molar-refractivity contribution in [2.24, 2.45) is 0 Å². The zero-order valence-corrected chi connectivity index (χ0v) is 12.7. The lowest BCUT2D eigenvalue weighted by Crippen LogP contribution is -2.20. The molecular formula is C18H21NO3. The van der Waals surface area contributed by atoms with Gasteiger partial charge in [0.05, 0.1) is 5.56 Å². The maximum Gasteiger partial charge on any atom is 0.339 e. The second kappa shape index (κ2) is 5.43. The number of hydrogen-bond donors (Lipinski definition) is 1. The molecule has 2 heterocycles. The number of phenolic OH excluding ortho intramolecular Hbond substituents is 1. The van der Waals surface area contributed by atoms with Crippen LogP contribution < -0.4 is 5.63 Å². The van der Waals surface area contributed by atoms with Crippen molar-refractivity contribution < 1.29 is 9.52 Å². The van der Waals surface area contributed by atoms with Gasteiger partial charge in [-0.2, -0.15) is 0 Å². The summed E-state index contributed by atoms with van der Waals surface area (Å²) < 4.78 is 5.64.